The van der Waals surface area contributed by atoms with Gasteiger partial charge in [-0.15, -0.1) is 0 Å². The molecule has 4 aromatic carbocycles. The van der Waals surface area contributed by atoms with E-state index in [1.54, 1.807) is 0 Å². The van der Waals surface area contributed by atoms with E-state index in [1.807, 2.05) is 97.1 Å². The van der Waals surface area contributed by atoms with Crippen LogP contribution in [0.2, 0.25) is 0 Å². The van der Waals surface area contributed by atoms with Gasteiger partial charge in [0.2, 0.25) is 5.72 Å². The fourth-order valence-corrected chi connectivity index (χ4v) is 4.13. The Bertz CT molecular complexity index is 1290. The highest BCUT2D eigenvalue weighted by atomic mass is 16.5. The van der Waals surface area contributed by atoms with Gasteiger partial charge >= 0.3 is 0 Å². The summed E-state index contributed by atoms with van der Waals surface area (Å²) in [4.78, 5) is 3.21. The number of azide groups is 1. The standard InChI is InChI=1S/C27H19N3O/c28-30-29-27(22-16-8-3-9-17-22)24-19-11-10-18-23(24)25(20-12-4-1-5-13-20)26(31-27)21-14-6-2-7-15-21/h1-19H. The first-order valence-corrected chi connectivity index (χ1v) is 10.1. The highest BCUT2D eigenvalue weighted by molar-refractivity contribution is 5.98. The highest BCUT2D eigenvalue weighted by Crippen LogP contribution is 2.50. The minimum Gasteiger partial charge on any atom is -0.470 e. The second-order valence-electron chi connectivity index (χ2n) is 7.28. The molecule has 5 rings (SSSR count). The normalized spacial score (nSPS) is 17.3. The van der Waals surface area contributed by atoms with E-state index < -0.39 is 5.72 Å². The van der Waals surface area contributed by atoms with Crippen LogP contribution in [0, 0.1) is 0 Å². The zero-order chi connectivity index (χ0) is 21.1. The molecule has 1 atom stereocenters. The summed E-state index contributed by atoms with van der Waals surface area (Å²) in [6.07, 6.45) is 0. The Hall–Kier alpha value is -4.27. The molecule has 0 radical (unpaired) electrons. The lowest BCUT2D eigenvalue weighted by atomic mass is 9.82. The maximum atomic E-state index is 9.57. The van der Waals surface area contributed by atoms with Crippen LogP contribution in [-0.2, 0) is 10.5 Å². The Balaban J connectivity index is 1.89. The van der Waals surface area contributed by atoms with Gasteiger partial charge in [0.15, 0.2) is 0 Å². The molecule has 31 heavy (non-hydrogen) atoms. The van der Waals surface area contributed by atoms with Gasteiger partial charge in [0.25, 0.3) is 0 Å². The smallest absolute Gasteiger partial charge is 0.238 e. The number of rotatable bonds is 4. The van der Waals surface area contributed by atoms with Crippen molar-refractivity contribution in [3.8, 4) is 0 Å². The number of fused-ring (bicyclic) bond motifs is 1. The number of benzene rings is 4. The molecular weight excluding hydrogens is 382 g/mol. The van der Waals surface area contributed by atoms with Gasteiger partial charge in [-0.1, -0.05) is 115 Å². The molecule has 4 heteroatoms. The van der Waals surface area contributed by atoms with Crippen LogP contribution in [0.5, 0.6) is 0 Å². The van der Waals surface area contributed by atoms with Crippen molar-refractivity contribution in [2.24, 2.45) is 5.11 Å². The van der Waals surface area contributed by atoms with Crippen LogP contribution in [-0.4, -0.2) is 0 Å². The quantitative estimate of drug-likeness (QED) is 0.204. The minimum atomic E-state index is -1.31. The van der Waals surface area contributed by atoms with Crippen LogP contribution in [0.15, 0.2) is 120 Å². The monoisotopic (exact) mass is 401 g/mol. The first-order chi connectivity index (χ1) is 15.3. The third-order valence-corrected chi connectivity index (χ3v) is 5.49. The Kier molecular flexibility index (Phi) is 4.75. The fourth-order valence-electron chi connectivity index (χ4n) is 4.13. The summed E-state index contributed by atoms with van der Waals surface area (Å²) in [6, 6.07) is 37.8. The van der Waals surface area contributed by atoms with Crippen molar-refractivity contribution in [1.82, 2.24) is 0 Å². The molecule has 1 unspecified atom stereocenters. The Morgan fingerprint density at radius 1 is 0.645 bits per heavy atom. The molecule has 1 aliphatic rings. The topological polar surface area (TPSA) is 58.0 Å². The van der Waals surface area contributed by atoms with Crippen LogP contribution in [0.1, 0.15) is 27.8 Å². The van der Waals surface area contributed by atoms with Crippen molar-refractivity contribution in [1.29, 1.82) is 0 Å². The van der Waals surface area contributed by atoms with Gasteiger partial charge < -0.3 is 4.74 Å². The molecule has 4 nitrogen and oxygen atoms in total. The SMILES string of the molecule is [N-]=[N+]=NC1(c2ccccc2)OC(c2ccccc2)=C(c2ccccc2)c2ccccc21. The first-order valence-electron chi connectivity index (χ1n) is 10.1. The number of hydrogen-bond acceptors (Lipinski definition) is 2. The van der Waals surface area contributed by atoms with Crippen LogP contribution < -0.4 is 0 Å². The molecule has 0 saturated heterocycles. The lowest BCUT2D eigenvalue weighted by Gasteiger charge is -2.39. The molecule has 0 bridgehead atoms. The van der Waals surface area contributed by atoms with Gasteiger partial charge in [0.05, 0.1) is 0 Å². The molecule has 1 aliphatic heterocycles. The van der Waals surface area contributed by atoms with Gasteiger partial charge in [-0.3, -0.25) is 0 Å². The summed E-state index contributed by atoms with van der Waals surface area (Å²) in [7, 11) is 0. The number of ether oxygens (including phenoxy) is 1. The van der Waals surface area contributed by atoms with E-state index >= 15 is 0 Å². The predicted octanol–water partition coefficient (Wildman–Crippen LogP) is 7.14. The average Bonchev–Trinajstić information content (AvgIpc) is 2.85. The average molecular weight is 401 g/mol. The second-order valence-corrected chi connectivity index (χ2v) is 7.28. The first kappa shape index (κ1) is 18.7. The van der Waals surface area contributed by atoms with Crippen LogP contribution in [0.4, 0.5) is 0 Å². The summed E-state index contributed by atoms with van der Waals surface area (Å²) in [6.45, 7) is 0. The van der Waals surface area contributed by atoms with Crippen molar-refractivity contribution >= 4 is 11.3 Å². The Morgan fingerprint density at radius 2 is 1.19 bits per heavy atom. The molecule has 148 valence electrons. The third-order valence-electron chi connectivity index (χ3n) is 5.49. The van der Waals surface area contributed by atoms with E-state index in [4.69, 9.17) is 4.74 Å². The van der Waals surface area contributed by atoms with E-state index in [2.05, 4.69) is 28.2 Å². The van der Waals surface area contributed by atoms with Crippen molar-refractivity contribution < 1.29 is 4.74 Å². The minimum absolute atomic E-state index is 0.682. The van der Waals surface area contributed by atoms with Gasteiger partial charge in [0.1, 0.15) is 5.76 Å². The molecule has 0 N–H and O–H groups in total. The zero-order valence-corrected chi connectivity index (χ0v) is 16.7. The maximum Gasteiger partial charge on any atom is 0.238 e. The molecule has 0 aliphatic carbocycles. The van der Waals surface area contributed by atoms with E-state index in [-0.39, 0.29) is 0 Å². The summed E-state index contributed by atoms with van der Waals surface area (Å²) in [5.74, 6) is 0.682. The molecule has 0 amide bonds. The van der Waals surface area contributed by atoms with Gasteiger partial charge in [-0.25, -0.2) is 0 Å². The largest absolute Gasteiger partial charge is 0.470 e. The zero-order valence-electron chi connectivity index (χ0n) is 16.7. The summed E-state index contributed by atoms with van der Waals surface area (Å²) >= 11 is 0. The molecule has 0 aromatic heterocycles. The van der Waals surface area contributed by atoms with Gasteiger partial charge in [-0.05, 0) is 21.8 Å². The van der Waals surface area contributed by atoms with Gasteiger partial charge in [-0.2, -0.15) is 0 Å². The fraction of sp³-hybridized carbons (Fsp3) is 0.0370. The van der Waals surface area contributed by atoms with Gasteiger partial charge in [0, 0.05) is 27.2 Å². The predicted molar refractivity (Wildman–Crippen MR) is 123 cm³/mol. The molecule has 1 heterocycles. The molecule has 0 spiro atoms. The Morgan fingerprint density at radius 3 is 1.84 bits per heavy atom. The Labute approximate surface area is 180 Å². The molecule has 0 saturated carbocycles. The molecule has 4 aromatic rings. The van der Waals surface area contributed by atoms with Crippen LogP contribution in [0.25, 0.3) is 21.8 Å². The van der Waals surface area contributed by atoms with Crippen molar-refractivity contribution in [3.05, 3.63) is 154 Å². The van der Waals surface area contributed by atoms with Crippen molar-refractivity contribution in [2.75, 3.05) is 0 Å². The number of nitrogens with zero attached hydrogens (tertiary/aromatic N) is 3. The third kappa shape index (κ3) is 3.16. The lowest BCUT2D eigenvalue weighted by Crippen LogP contribution is -2.32. The van der Waals surface area contributed by atoms with Crippen molar-refractivity contribution in [2.45, 2.75) is 5.72 Å². The molecule has 0 fully saturated rings. The van der Waals surface area contributed by atoms with E-state index in [1.165, 1.54) is 0 Å². The summed E-state index contributed by atoms with van der Waals surface area (Å²) in [5.41, 5.74) is 13.8. The highest BCUT2D eigenvalue weighted by Gasteiger charge is 2.43. The second kappa shape index (κ2) is 7.86. The lowest BCUT2D eigenvalue weighted by molar-refractivity contribution is 0.0818. The van der Waals surface area contributed by atoms with Crippen molar-refractivity contribution in [3.63, 3.8) is 0 Å². The van der Waals surface area contributed by atoms with E-state index in [0.29, 0.717) is 5.76 Å². The maximum absolute atomic E-state index is 9.57. The summed E-state index contributed by atoms with van der Waals surface area (Å²) < 4.78 is 6.74. The van der Waals surface area contributed by atoms with E-state index in [9.17, 15) is 5.53 Å². The molecular formula is C27H19N3O. The van der Waals surface area contributed by atoms with E-state index in [0.717, 1.165) is 33.4 Å². The van der Waals surface area contributed by atoms with Crippen LogP contribution in [0.3, 0.4) is 0 Å². The summed E-state index contributed by atoms with van der Waals surface area (Å²) in [5, 5.41) is 4.25. The number of hydrogen-bond donors (Lipinski definition) is 0. The van der Waals surface area contributed by atoms with Crippen LogP contribution >= 0.6 is 0 Å².